The van der Waals surface area contributed by atoms with E-state index in [0.717, 1.165) is 12.8 Å². The average molecular weight is 249 g/mol. The van der Waals surface area contributed by atoms with Crippen LogP contribution in [0.2, 0.25) is 0 Å². The Bertz CT molecular complexity index is 442. The lowest BCUT2D eigenvalue weighted by molar-refractivity contribution is -0.149. The minimum atomic E-state index is -1.29. The predicted molar refractivity (Wildman–Crippen MR) is 63.8 cm³/mol. The smallest absolute Gasteiger partial charge is 0.323 e. The van der Waals surface area contributed by atoms with Crippen molar-refractivity contribution in [3.05, 3.63) is 35.9 Å². The number of nitrogens with zero attached hydrogens (tertiary/aromatic N) is 1. The lowest BCUT2D eigenvalue weighted by Crippen LogP contribution is -2.40. The molecule has 1 aromatic carbocycles. The number of aliphatic carboxylic acids is 1. The summed E-state index contributed by atoms with van der Waals surface area (Å²) < 4.78 is 0. The first-order valence-electron chi connectivity index (χ1n) is 5.85. The van der Waals surface area contributed by atoms with E-state index in [9.17, 15) is 14.7 Å². The van der Waals surface area contributed by atoms with Gasteiger partial charge in [-0.2, -0.15) is 0 Å². The van der Waals surface area contributed by atoms with Crippen LogP contribution in [-0.4, -0.2) is 39.6 Å². The van der Waals surface area contributed by atoms with Crippen LogP contribution >= 0.6 is 0 Å². The largest absolute Gasteiger partial charge is 0.480 e. The maximum Gasteiger partial charge on any atom is 0.323 e. The molecule has 5 heteroatoms. The average Bonchev–Trinajstić information content (AvgIpc) is 3.19. The number of hydrogen-bond donors (Lipinski definition) is 2. The first-order chi connectivity index (χ1) is 8.59. The topological polar surface area (TPSA) is 77.8 Å². The maximum atomic E-state index is 12.1. The van der Waals surface area contributed by atoms with Gasteiger partial charge in [0.25, 0.3) is 5.91 Å². The van der Waals surface area contributed by atoms with Crippen LogP contribution < -0.4 is 0 Å². The molecule has 1 saturated carbocycles. The molecule has 1 atom stereocenters. The van der Waals surface area contributed by atoms with Crippen molar-refractivity contribution in [2.24, 2.45) is 0 Å². The fraction of sp³-hybridized carbons (Fsp3) is 0.385. The summed E-state index contributed by atoms with van der Waals surface area (Å²) in [4.78, 5) is 24.1. The summed E-state index contributed by atoms with van der Waals surface area (Å²) in [6.45, 7) is -0.354. The SMILES string of the molecule is O=C(O)CN(C(=O)C(O)c1ccccc1)C1CC1. The third-order valence-electron chi connectivity index (χ3n) is 2.93. The van der Waals surface area contributed by atoms with Gasteiger partial charge in [0.05, 0.1) is 0 Å². The van der Waals surface area contributed by atoms with Crippen LogP contribution in [0.1, 0.15) is 24.5 Å². The Kier molecular flexibility index (Phi) is 3.62. The molecule has 18 heavy (non-hydrogen) atoms. The van der Waals surface area contributed by atoms with E-state index in [2.05, 4.69) is 0 Å². The predicted octanol–water partition coefficient (Wildman–Crippen LogP) is 0.796. The molecule has 5 nitrogen and oxygen atoms in total. The van der Waals surface area contributed by atoms with E-state index in [1.54, 1.807) is 30.3 Å². The van der Waals surface area contributed by atoms with Gasteiger partial charge >= 0.3 is 5.97 Å². The zero-order chi connectivity index (χ0) is 13.1. The van der Waals surface area contributed by atoms with Gasteiger partial charge in [0, 0.05) is 6.04 Å². The molecule has 1 amide bonds. The Labute approximate surface area is 105 Å². The molecule has 1 aromatic rings. The number of amides is 1. The highest BCUT2D eigenvalue weighted by Gasteiger charge is 2.36. The molecule has 0 aromatic heterocycles. The van der Waals surface area contributed by atoms with Crippen LogP contribution in [0.4, 0.5) is 0 Å². The Morgan fingerprint density at radius 3 is 2.39 bits per heavy atom. The molecule has 0 saturated heterocycles. The third kappa shape index (κ3) is 2.87. The van der Waals surface area contributed by atoms with E-state index in [4.69, 9.17) is 5.11 Å². The minimum absolute atomic E-state index is 0.0352. The molecule has 1 aliphatic carbocycles. The zero-order valence-electron chi connectivity index (χ0n) is 9.82. The molecule has 0 heterocycles. The molecule has 0 aliphatic heterocycles. The van der Waals surface area contributed by atoms with Gasteiger partial charge in [-0.1, -0.05) is 30.3 Å². The Balaban J connectivity index is 2.10. The summed E-state index contributed by atoms with van der Waals surface area (Å²) in [7, 11) is 0. The minimum Gasteiger partial charge on any atom is -0.480 e. The van der Waals surface area contributed by atoms with Gasteiger partial charge in [0.15, 0.2) is 6.10 Å². The standard InChI is InChI=1S/C13H15NO4/c15-11(16)8-14(10-6-7-10)13(18)12(17)9-4-2-1-3-5-9/h1-5,10,12,17H,6-8H2,(H,15,16). The fourth-order valence-electron chi connectivity index (χ4n) is 1.85. The second kappa shape index (κ2) is 5.18. The molecule has 96 valence electrons. The van der Waals surface area contributed by atoms with E-state index >= 15 is 0 Å². The van der Waals surface area contributed by atoms with Crippen LogP contribution in [0, 0.1) is 0 Å². The Morgan fingerprint density at radius 2 is 1.89 bits per heavy atom. The van der Waals surface area contributed by atoms with E-state index < -0.39 is 18.0 Å². The summed E-state index contributed by atoms with van der Waals surface area (Å²) >= 11 is 0. The van der Waals surface area contributed by atoms with E-state index in [-0.39, 0.29) is 12.6 Å². The molecule has 2 N–H and O–H groups in total. The van der Waals surface area contributed by atoms with Gasteiger partial charge in [0.2, 0.25) is 0 Å². The molecule has 1 aliphatic rings. The van der Waals surface area contributed by atoms with Gasteiger partial charge in [0.1, 0.15) is 6.54 Å². The number of aliphatic hydroxyl groups excluding tert-OH is 1. The summed E-state index contributed by atoms with van der Waals surface area (Å²) in [5.74, 6) is -1.60. The van der Waals surface area contributed by atoms with E-state index in [1.165, 1.54) is 4.90 Å². The zero-order valence-corrected chi connectivity index (χ0v) is 9.82. The van der Waals surface area contributed by atoms with Crippen molar-refractivity contribution in [1.29, 1.82) is 0 Å². The van der Waals surface area contributed by atoms with Gasteiger partial charge < -0.3 is 15.1 Å². The number of carbonyl (C=O) groups is 2. The highest BCUT2D eigenvalue weighted by molar-refractivity contribution is 5.86. The van der Waals surface area contributed by atoms with Gasteiger partial charge in [-0.3, -0.25) is 9.59 Å². The van der Waals surface area contributed by atoms with Gasteiger partial charge in [-0.15, -0.1) is 0 Å². The second-order valence-corrected chi connectivity index (χ2v) is 4.40. The lowest BCUT2D eigenvalue weighted by atomic mass is 10.1. The summed E-state index contributed by atoms with van der Waals surface area (Å²) in [6.07, 6.45) is 0.326. The van der Waals surface area contributed by atoms with Gasteiger partial charge in [-0.05, 0) is 18.4 Å². The normalized spacial score (nSPS) is 16.1. The van der Waals surface area contributed by atoms with E-state index in [1.807, 2.05) is 0 Å². The summed E-state index contributed by atoms with van der Waals surface area (Å²) in [5.41, 5.74) is 0.485. The van der Waals surface area contributed by atoms with Gasteiger partial charge in [-0.25, -0.2) is 0 Å². The Morgan fingerprint density at radius 1 is 1.28 bits per heavy atom. The Hall–Kier alpha value is -1.88. The number of hydrogen-bond acceptors (Lipinski definition) is 3. The highest BCUT2D eigenvalue weighted by Crippen LogP contribution is 2.29. The molecule has 1 fully saturated rings. The molecule has 1 unspecified atom stereocenters. The van der Waals surface area contributed by atoms with Crippen molar-refractivity contribution in [2.45, 2.75) is 25.0 Å². The number of rotatable bonds is 5. The van der Waals surface area contributed by atoms with Crippen LogP contribution in [0.5, 0.6) is 0 Å². The number of carboxylic acids is 1. The summed E-state index contributed by atoms with van der Waals surface area (Å²) in [5, 5.41) is 18.8. The highest BCUT2D eigenvalue weighted by atomic mass is 16.4. The summed E-state index contributed by atoms with van der Waals surface area (Å²) in [6, 6.07) is 8.50. The fourth-order valence-corrected chi connectivity index (χ4v) is 1.85. The van der Waals surface area contributed by atoms with Crippen LogP contribution in [0.25, 0.3) is 0 Å². The quantitative estimate of drug-likeness (QED) is 0.809. The van der Waals surface area contributed by atoms with Crippen LogP contribution in [0.3, 0.4) is 0 Å². The maximum absolute atomic E-state index is 12.1. The van der Waals surface area contributed by atoms with Crippen molar-refractivity contribution in [3.63, 3.8) is 0 Å². The number of benzene rings is 1. The molecule has 0 radical (unpaired) electrons. The van der Waals surface area contributed by atoms with Crippen molar-refractivity contribution < 1.29 is 19.8 Å². The first-order valence-corrected chi connectivity index (χ1v) is 5.85. The molecule has 0 bridgehead atoms. The third-order valence-corrected chi connectivity index (χ3v) is 2.93. The van der Waals surface area contributed by atoms with Crippen LogP contribution in [0.15, 0.2) is 30.3 Å². The second-order valence-electron chi connectivity index (χ2n) is 4.40. The monoisotopic (exact) mass is 249 g/mol. The molecule has 2 rings (SSSR count). The number of carboxylic acid groups (broad SMARTS) is 1. The number of aliphatic hydroxyl groups is 1. The van der Waals surface area contributed by atoms with Crippen molar-refractivity contribution >= 4 is 11.9 Å². The van der Waals surface area contributed by atoms with Crippen molar-refractivity contribution in [1.82, 2.24) is 4.90 Å². The number of carbonyl (C=O) groups excluding carboxylic acids is 1. The lowest BCUT2D eigenvalue weighted by Gasteiger charge is -2.23. The first kappa shape index (κ1) is 12.6. The van der Waals surface area contributed by atoms with Crippen molar-refractivity contribution in [3.8, 4) is 0 Å². The van der Waals surface area contributed by atoms with Crippen LogP contribution in [-0.2, 0) is 9.59 Å². The van der Waals surface area contributed by atoms with E-state index in [0.29, 0.717) is 5.56 Å². The molecule has 0 spiro atoms. The molecular weight excluding hydrogens is 234 g/mol. The molecular formula is C13H15NO4. The van der Waals surface area contributed by atoms with Crippen molar-refractivity contribution in [2.75, 3.05) is 6.54 Å².